The van der Waals surface area contributed by atoms with Crippen molar-refractivity contribution < 1.29 is 10.6 Å². The Hall–Kier alpha value is -1.37. The number of thiol groups is 1. The lowest BCUT2D eigenvalue weighted by Crippen LogP contribution is -2.43. The van der Waals surface area contributed by atoms with Gasteiger partial charge in [-0.05, 0) is 44.7 Å². The normalized spacial score (nSPS) is 15.9. The van der Waals surface area contributed by atoms with Crippen molar-refractivity contribution in [3.8, 4) is 5.75 Å². The van der Waals surface area contributed by atoms with Crippen LogP contribution in [-0.2, 0) is 18.2 Å². The van der Waals surface area contributed by atoms with Crippen LogP contribution in [-0.4, -0.2) is 46.5 Å². The van der Waals surface area contributed by atoms with Crippen molar-refractivity contribution in [2.24, 2.45) is 5.41 Å². The monoisotopic (exact) mass is 393 g/mol. The zero-order valence-electron chi connectivity index (χ0n) is 17.5. The minimum absolute atomic E-state index is 0. The van der Waals surface area contributed by atoms with E-state index in [-0.39, 0.29) is 15.6 Å². The van der Waals surface area contributed by atoms with Crippen LogP contribution in [0.25, 0.3) is 10.9 Å². The summed E-state index contributed by atoms with van der Waals surface area (Å²) in [6, 6.07) is 3.97. The first-order valence-electron chi connectivity index (χ1n) is 9.60. The molecule has 0 unspecified atom stereocenters. The number of hydrogen-bond donors (Lipinski definition) is 3. The Kier molecular flexibility index (Phi) is 6.44. The highest BCUT2D eigenvalue weighted by atomic mass is 32.2. The molecule has 0 bridgehead atoms. The molecule has 2 aromatic rings. The third-order valence-corrected chi connectivity index (χ3v) is 5.87. The van der Waals surface area contributed by atoms with Gasteiger partial charge < -0.3 is 25.8 Å². The second-order valence-electron chi connectivity index (χ2n) is 9.57. The number of phenolic OH excluding ortho intramolecular Hbond substituents is 1. The van der Waals surface area contributed by atoms with Gasteiger partial charge in [-0.25, -0.2) is 0 Å². The van der Waals surface area contributed by atoms with Gasteiger partial charge in [0, 0.05) is 48.9 Å². The van der Waals surface area contributed by atoms with E-state index in [2.05, 4.69) is 62.8 Å². The highest BCUT2D eigenvalue weighted by Crippen LogP contribution is 2.40. The van der Waals surface area contributed by atoms with Crippen LogP contribution in [0.3, 0.4) is 0 Å². The molecule has 0 atom stereocenters. The van der Waals surface area contributed by atoms with E-state index in [1.54, 1.807) is 0 Å². The number of benzene rings is 1. The highest BCUT2D eigenvalue weighted by molar-refractivity contribution is 7.80. The Bertz CT molecular complexity index is 781. The maximum atomic E-state index is 10.6. The topological polar surface area (TPSA) is 81.3 Å². The van der Waals surface area contributed by atoms with Gasteiger partial charge in [-0.1, -0.05) is 20.8 Å². The summed E-state index contributed by atoms with van der Waals surface area (Å²) in [6.45, 7) is 17.5. The first-order valence-corrected chi connectivity index (χ1v) is 10.5. The van der Waals surface area contributed by atoms with E-state index < -0.39 is 0 Å². The Morgan fingerprint density at radius 2 is 1.70 bits per heavy atom. The second-order valence-corrected chi connectivity index (χ2v) is 11.6. The Morgan fingerprint density at radius 3 is 2.26 bits per heavy atom. The predicted octanol–water partition coefficient (Wildman–Crippen LogP) is 3.67. The van der Waals surface area contributed by atoms with Gasteiger partial charge in [-0.3, -0.25) is 0 Å². The van der Waals surface area contributed by atoms with Crippen LogP contribution < -0.4 is 10.2 Å². The standard InChI is InChI=1S/C21H33N3OS.H2O/c1-20(2,3)13-15-14-7-8-16(25)18(24-11-9-22-10-12-24)17(14)23-19(15)26-21(4,5)6;/h7-8,22-23,25H,9-13H2,1-6H3;1H2. The molecule has 6 heteroatoms. The third-order valence-electron chi connectivity index (χ3n) is 4.60. The van der Waals surface area contributed by atoms with Crippen molar-refractivity contribution in [3.63, 3.8) is 0 Å². The molecule has 3 rings (SSSR count). The number of nitrogens with zero attached hydrogens (tertiary/aromatic N) is 1. The van der Waals surface area contributed by atoms with Gasteiger partial charge in [0.15, 0.2) is 0 Å². The van der Waals surface area contributed by atoms with Crippen LogP contribution in [0.2, 0.25) is 0 Å². The van der Waals surface area contributed by atoms with E-state index in [0.717, 1.165) is 43.8 Å². The minimum Gasteiger partial charge on any atom is -0.870 e. The number of fused-ring (bicyclic) bond motifs is 1. The van der Waals surface area contributed by atoms with Crippen LogP contribution in [0.4, 0.5) is 5.69 Å². The molecule has 1 saturated heterocycles. The van der Waals surface area contributed by atoms with E-state index in [9.17, 15) is 5.11 Å². The maximum absolute atomic E-state index is 10.6. The van der Waals surface area contributed by atoms with Crippen LogP contribution in [0.15, 0.2) is 17.2 Å². The van der Waals surface area contributed by atoms with Gasteiger partial charge in [-0.15, -0.1) is 0 Å². The average Bonchev–Trinajstić information content (AvgIpc) is 2.82. The van der Waals surface area contributed by atoms with E-state index in [1.807, 2.05) is 6.07 Å². The molecule has 4 N–H and O–H groups in total. The number of rotatable bonds is 3. The maximum Gasteiger partial charge on any atom is 0.227 e. The molecule has 1 aliphatic heterocycles. The molecule has 0 saturated carbocycles. The second kappa shape index (κ2) is 7.94. The molecule has 0 spiro atoms. The summed E-state index contributed by atoms with van der Waals surface area (Å²) in [5.74, 6) is 0.377. The fourth-order valence-electron chi connectivity index (χ4n) is 3.63. The average molecular weight is 394 g/mol. The number of phenols is 1. The molecule has 0 amide bonds. The molecule has 0 radical (unpaired) electrons. The number of hydrogen-bond acceptors (Lipinski definition) is 4. The van der Waals surface area contributed by atoms with Gasteiger partial charge in [-0.2, -0.15) is 0 Å². The van der Waals surface area contributed by atoms with Crippen LogP contribution >= 0.6 is 0 Å². The summed E-state index contributed by atoms with van der Waals surface area (Å²) in [6.07, 6.45) is 1.02. The molecule has 1 fully saturated rings. The van der Waals surface area contributed by atoms with Crippen molar-refractivity contribution in [2.75, 3.05) is 31.1 Å². The van der Waals surface area contributed by atoms with Gasteiger partial charge in [0.25, 0.3) is 0 Å². The van der Waals surface area contributed by atoms with Crippen molar-refractivity contribution in [3.05, 3.63) is 17.7 Å². The first kappa shape index (κ1) is 21.9. The van der Waals surface area contributed by atoms with Crippen molar-refractivity contribution in [2.45, 2.75) is 57.7 Å². The Labute approximate surface area is 167 Å². The van der Waals surface area contributed by atoms with Gasteiger partial charge in [0.05, 0.1) is 5.52 Å². The van der Waals surface area contributed by atoms with E-state index in [1.165, 1.54) is 27.7 Å². The zero-order chi connectivity index (χ0) is 19.1. The predicted molar refractivity (Wildman–Crippen MR) is 117 cm³/mol. The smallest absolute Gasteiger partial charge is 0.227 e. The van der Waals surface area contributed by atoms with Crippen LogP contribution in [0.5, 0.6) is 5.75 Å². The number of aromatic amines is 1. The number of H-pyrrole nitrogens is 1. The SMILES string of the molecule is CC(C)(C)Cc1c([SH+]C(C)(C)C)[nH]c2c(N3CCNCC3)c(O)ccc12.[OH-]. The molecule has 27 heavy (non-hydrogen) atoms. The summed E-state index contributed by atoms with van der Waals surface area (Å²) >= 11 is 1.30. The Balaban J connectivity index is 0.00000261. The number of anilines is 1. The van der Waals surface area contributed by atoms with Crippen LogP contribution in [0.1, 0.15) is 47.1 Å². The first-order chi connectivity index (χ1) is 12.1. The summed E-state index contributed by atoms with van der Waals surface area (Å²) in [5.41, 5.74) is 3.68. The molecule has 1 aromatic carbocycles. The van der Waals surface area contributed by atoms with E-state index in [0.29, 0.717) is 5.75 Å². The molecule has 5 nitrogen and oxygen atoms in total. The molecule has 0 aliphatic carbocycles. The van der Waals surface area contributed by atoms with Gasteiger partial charge in [0.2, 0.25) is 5.03 Å². The van der Waals surface area contributed by atoms with E-state index >= 15 is 0 Å². The summed E-state index contributed by atoms with van der Waals surface area (Å²) in [4.78, 5) is 6.02. The van der Waals surface area contributed by atoms with Crippen molar-refractivity contribution >= 4 is 28.4 Å². The lowest BCUT2D eigenvalue weighted by atomic mass is 9.88. The number of piperazine rings is 1. The highest BCUT2D eigenvalue weighted by Gasteiger charge is 2.31. The van der Waals surface area contributed by atoms with Crippen molar-refractivity contribution in [1.82, 2.24) is 10.3 Å². The van der Waals surface area contributed by atoms with Crippen molar-refractivity contribution in [1.29, 1.82) is 0 Å². The van der Waals surface area contributed by atoms with E-state index in [4.69, 9.17) is 0 Å². The molecule has 2 heterocycles. The van der Waals surface area contributed by atoms with Gasteiger partial charge >= 0.3 is 0 Å². The molecular formula is C21H35N3O2S. The zero-order valence-corrected chi connectivity index (χ0v) is 18.4. The van der Waals surface area contributed by atoms with Crippen LogP contribution in [0, 0.1) is 5.41 Å². The number of aromatic nitrogens is 1. The largest absolute Gasteiger partial charge is 0.870 e. The summed E-state index contributed by atoms with van der Waals surface area (Å²) in [5, 5.41) is 16.6. The van der Waals surface area contributed by atoms with Gasteiger partial charge in [0.1, 0.15) is 16.2 Å². The molecule has 1 aliphatic rings. The lowest BCUT2D eigenvalue weighted by molar-refractivity contribution is 0.409. The summed E-state index contributed by atoms with van der Waals surface area (Å²) in [7, 11) is 0. The molecular weight excluding hydrogens is 358 g/mol. The lowest BCUT2D eigenvalue weighted by Gasteiger charge is -2.30. The molecule has 1 aromatic heterocycles. The minimum atomic E-state index is 0. The fraction of sp³-hybridized carbons (Fsp3) is 0.619. The number of nitrogens with one attached hydrogen (secondary N) is 2. The quantitative estimate of drug-likeness (QED) is 0.549. The molecule has 152 valence electrons. The Morgan fingerprint density at radius 1 is 1.07 bits per heavy atom. The third kappa shape index (κ3) is 5.12. The summed E-state index contributed by atoms with van der Waals surface area (Å²) < 4.78 is 0.185. The number of aromatic hydroxyl groups is 1. The fourth-order valence-corrected chi connectivity index (χ4v) is 4.80.